The van der Waals surface area contributed by atoms with Crippen molar-refractivity contribution in [2.24, 2.45) is 0 Å². The van der Waals surface area contributed by atoms with Crippen molar-refractivity contribution < 1.29 is 4.79 Å². The predicted molar refractivity (Wildman–Crippen MR) is 89.0 cm³/mol. The van der Waals surface area contributed by atoms with Crippen molar-refractivity contribution >= 4 is 28.2 Å². The van der Waals surface area contributed by atoms with Gasteiger partial charge in [0.15, 0.2) is 5.13 Å². The Morgan fingerprint density at radius 2 is 1.90 bits per heavy atom. The molecule has 1 aromatic heterocycles. The highest BCUT2D eigenvalue weighted by atomic mass is 32.1. The van der Waals surface area contributed by atoms with Crippen LogP contribution in [0.15, 0.2) is 0 Å². The van der Waals surface area contributed by atoms with Crippen LogP contribution in [0.5, 0.6) is 0 Å². The van der Waals surface area contributed by atoms with Gasteiger partial charge >= 0.3 is 0 Å². The summed E-state index contributed by atoms with van der Waals surface area (Å²) in [5.41, 5.74) is 6.01. The second-order valence-electron chi connectivity index (χ2n) is 5.72. The Bertz CT molecular complexity index is 488. The van der Waals surface area contributed by atoms with Gasteiger partial charge in [-0.3, -0.25) is 4.79 Å². The first-order chi connectivity index (χ1) is 9.99. The van der Waals surface area contributed by atoms with Crippen LogP contribution in [0, 0.1) is 0 Å². The lowest BCUT2D eigenvalue weighted by atomic mass is 9.97. The highest BCUT2D eigenvalue weighted by Crippen LogP contribution is 2.32. The molecule has 2 atom stereocenters. The van der Waals surface area contributed by atoms with Crippen LogP contribution in [0.1, 0.15) is 56.6 Å². The summed E-state index contributed by atoms with van der Waals surface area (Å²) in [5.74, 6) is 0.417. The Kier molecular flexibility index (Phi) is 5.08. The molecule has 0 bridgehead atoms. The summed E-state index contributed by atoms with van der Waals surface area (Å²) >= 11 is 1.42. The van der Waals surface area contributed by atoms with Gasteiger partial charge < -0.3 is 15.5 Å². The molecule has 2 unspecified atom stereocenters. The molecule has 6 heteroatoms. The molecular weight excluding hydrogens is 284 g/mol. The van der Waals surface area contributed by atoms with E-state index in [2.05, 4.69) is 37.6 Å². The number of hydrogen-bond donors (Lipinski definition) is 1. The third-order valence-corrected chi connectivity index (χ3v) is 5.42. The number of rotatable bonds is 4. The van der Waals surface area contributed by atoms with Gasteiger partial charge in [-0.15, -0.1) is 0 Å². The van der Waals surface area contributed by atoms with Gasteiger partial charge in [-0.1, -0.05) is 11.3 Å². The number of carbonyl (C=O) groups is 1. The molecule has 0 spiro atoms. The summed E-state index contributed by atoms with van der Waals surface area (Å²) in [6.45, 7) is 10.1. The smallest absolute Gasteiger partial charge is 0.268 e. The molecule has 2 heterocycles. The molecule has 1 aliphatic rings. The van der Waals surface area contributed by atoms with Crippen molar-refractivity contribution in [3.05, 3.63) is 4.88 Å². The van der Waals surface area contributed by atoms with Gasteiger partial charge in [-0.2, -0.15) is 0 Å². The number of nitrogen functional groups attached to an aromatic ring is 1. The maximum Gasteiger partial charge on any atom is 0.268 e. The van der Waals surface area contributed by atoms with Gasteiger partial charge in [0.25, 0.3) is 5.91 Å². The Labute approximate surface area is 131 Å². The number of aromatic nitrogens is 1. The lowest BCUT2D eigenvalue weighted by molar-refractivity contribution is 0.0516. The molecule has 0 aromatic carbocycles. The standard InChI is InChI=1S/C15H26N4OS/c1-5-18(6-2)15-17-13(16)12(21-15)14(20)19-10(3)8-7-9-11(19)4/h10-11H,5-9,16H2,1-4H3. The van der Waals surface area contributed by atoms with Crippen molar-refractivity contribution in [1.29, 1.82) is 0 Å². The fraction of sp³-hybridized carbons (Fsp3) is 0.733. The van der Waals surface area contributed by atoms with Crippen molar-refractivity contribution in [3.63, 3.8) is 0 Å². The van der Waals surface area contributed by atoms with Gasteiger partial charge in [0.2, 0.25) is 0 Å². The summed E-state index contributed by atoms with van der Waals surface area (Å²) in [6.07, 6.45) is 3.32. The Morgan fingerprint density at radius 1 is 1.33 bits per heavy atom. The van der Waals surface area contributed by atoms with E-state index >= 15 is 0 Å². The lowest BCUT2D eigenvalue weighted by Crippen LogP contribution is -2.47. The van der Waals surface area contributed by atoms with Crippen LogP contribution < -0.4 is 10.6 Å². The second kappa shape index (κ2) is 6.64. The van der Waals surface area contributed by atoms with Gasteiger partial charge in [0.05, 0.1) is 0 Å². The highest BCUT2D eigenvalue weighted by molar-refractivity contribution is 7.18. The molecule has 21 heavy (non-hydrogen) atoms. The topological polar surface area (TPSA) is 62.5 Å². The van der Waals surface area contributed by atoms with Crippen LogP contribution in [0.4, 0.5) is 10.9 Å². The van der Waals surface area contributed by atoms with Crippen LogP contribution in [0.25, 0.3) is 0 Å². The minimum atomic E-state index is 0.0445. The average molecular weight is 310 g/mol. The third-order valence-electron chi connectivity index (χ3n) is 4.30. The van der Waals surface area contributed by atoms with E-state index in [-0.39, 0.29) is 18.0 Å². The number of nitrogens with two attached hydrogens (primary N) is 1. The number of piperidine rings is 1. The molecule has 1 aromatic rings. The summed E-state index contributed by atoms with van der Waals surface area (Å²) in [7, 11) is 0. The molecule has 1 fully saturated rings. The molecule has 2 rings (SSSR count). The van der Waals surface area contributed by atoms with E-state index in [9.17, 15) is 4.79 Å². The summed E-state index contributed by atoms with van der Waals surface area (Å²) < 4.78 is 0. The van der Waals surface area contributed by atoms with Crippen molar-refractivity contribution in [3.8, 4) is 0 Å². The second-order valence-corrected chi connectivity index (χ2v) is 6.70. The van der Waals surface area contributed by atoms with Crippen LogP contribution >= 0.6 is 11.3 Å². The number of thiazole rings is 1. The molecule has 5 nitrogen and oxygen atoms in total. The predicted octanol–water partition coefficient (Wildman–Crippen LogP) is 2.97. The number of carbonyl (C=O) groups excluding carboxylic acids is 1. The number of amides is 1. The first kappa shape index (κ1) is 16.1. The van der Waals surface area contributed by atoms with E-state index in [4.69, 9.17) is 5.73 Å². The van der Waals surface area contributed by atoms with E-state index in [1.807, 2.05) is 4.90 Å². The summed E-state index contributed by atoms with van der Waals surface area (Å²) in [4.78, 5) is 22.0. The van der Waals surface area contributed by atoms with Gasteiger partial charge in [0, 0.05) is 25.2 Å². The van der Waals surface area contributed by atoms with E-state index in [0.29, 0.717) is 10.7 Å². The quantitative estimate of drug-likeness (QED) is 0.928. The van der Waals surface area contributed by atoms with E-state index in [0.717, 1.165) is 31.1 Å². The van der Waals surface area contributed by atoms with Gasteiger partial charge in [-0.25, -0.2) is 4.98 Å². The molecule has 1 amide bonds. The fourth-order valence-corrected chi connectivity index (χ4v) is 4.10. The van der Waals surface area contributed by atoms with E-state index < -0.39 is 0 Å². The molecule has 0 radical (unpaired) electrons. The Hall–Kier alpha value is -1.30. The normalized spacial score (nSPS) is 22.4. The van der Waals surface area contributed by atoms with E-state index in [1.165, 1.54) is 17.8 Å². The van der Waals surface area contributed by atoms with Crippen LogP contribution in [-0.4, -0.2) is 41.0 Å². The molecular formula is C15H26N4OS. The van der Waals surface area contributed by atoms with Gasteiger partial charge in [0.1, 0.15) is 10.7 Å². The minimum Gasteiger partial charge on any atom is -0.382 e. The van der Waals surface area contributed by atoms with Crippen molar-refractivity contribution in [2.45, 2.75) is 59.0 Å². The molecule has 118 valence electrons. The first-order valence-electron chi connectivity index (χ1n) is 7.83. The molecule has 0 saturated carbocycles. The average Bonchev–Trinajstić information content (AvgIpc) is 2.82. The SMILES string of the molecule is CCN(CC)c1nc(N)c(C(=O)N2C(C)CCCC2C)s1. The van der Waals surface area contributed by atoms with Crippen LogP contribution in [0.3, 0.4) is 0 Å². The zero-order valence-electron chi connectivity index (χ0n) is 13.4. The van der Waals surface area contributed by atoms with Crippen LogP contribution in [-0.2, 0) is 0 Å². The maximum atomic E-state index is 12.9. The van der Waals surface area contributed by atoms with E-state index in [1.54, 1.807) is 0 Å². The minimum absolute atomic E-state index is 0.0445. The first-order valence-corrected chi connectivity index (χ1v) is 8.65. The number of likely N-dealkylation sites (tertiary alicyclic amines) is 1. The molecule has 0 aliphatic carbocycles. The molecule has 2 N–H and O–H groups in total. The summed E-state index contributed by atoms with van der Waals surface area (Å²) in [6, 6.07) is 0.555. The maximum absolute atomic E-state index is 12.9. The monoisotopic (exact) mass is 310 g/mol. The third kappa shape index (κ3) is 3.15. The summed E-state index contributed by atoms with van der Waals surface area (Å²) in [5, 5.41) is 0.846. The fourth-order valence-electron chi connectivity index (χ4n) is 3.04. The number of hydrogen-bond acceptors (Lipinski definition) is 5. The van der Waals surface area contributed by atoms with Crippen molar-refractivity contribution in [1.82, 2.24) is 9.88 Å². The lowest BCUT2D eigenvalue weighted by Gasteiger charge is -2.38. The zero-order valence-corrected chi connectivity index (χ0v) is 14.2. The number of nitrogens with zero attached hydrogens (tertiary/aromatic N) is 3. The van der Waals surface area contributed by atoms with Crippen molar-refractivity contribution in [2.75, 3.05) is 23.7 Å². The Balaban J connectivity index is 2.26. The van der Waals surface area contributed by atoms with Gasteiger partial charge in [-0.05, 0) is 47.0 Å². The molecule has 1 saturated heterocycles. The Morgan fingerprint density at radius 3 is 2.43 bits per heavy atom. The number of anilines is 2. The molecule has 1 aliphatic heterocycles. The zero-order chi connectivity index (χ0) is 15.6. The largest absolute Gasteiger partial charge is 0.382 e. The van der Waals surface area contributed by atoms with Crippen LogP contribution in [0.2, 0.25) is 0 Å². The highest BCUT2D eigenvalue weighted by Gasteiger charge is 2.32.